The van der Waals surface area contributed by atoms with Gasteiger partial charge in [-0.3, -0.25) is 15.2 Å². The maximum atomic E-state index is 3.51. The Morgan fingerprint density at radius 3 is 2.61 bits per heavy atom. The maximum absolute atomic E-state index is 3.51. The Hall–Kier alpha value is -1.72. The Kier molecular flexibility index (Phi) is 4.75. The first-order valence-corrected chi connectivity index (χ1v) is 13.7. The van der Waals surface area contributed by atoms with Crippen molar-refractivity contribution in [2.24, 2.45) is 11.8 Å². The van der Waals surface area contributed by atoms with Crippen LogP contribution in [0.5, 0.6) is 0 Å². The van der Waals surface area contributed by atoms with Crippen molar-refractivity contribution < 1.29 is 0 Å². The number of fused-ring (bicyclic) bond motifs is 2. The van der Waals surface area contributed by atoms with Crippen molar-refractivity contribution in [2.75, 3.05) is 20.0 Å². The molecule has 3 aliphatic rings. The zero-order chi connectivity index (χ0) is 19.1. The predicted octanol–water partition coefficient (Wildman–Crippen LogP) is 4.76. The highest BCUT2D eigenvalue weighted by atomic mass is 28.3. The minimum absolute atomic E-state index is 0.665. The average Bonchev–Trinajstić information content (AvgIpc) is 3.19. The Labute approximate surface area is 169 Å². The lowest BCUT2D eigenvalue weighted by Crippen LogP contribution is -2.63. The van der Waals surface area contributed by atoms with E-state index >= 15 is 0 Å². The lowest BCUT2D eigenvalue weighted by Gasteiger charge is -2.45. The first-order valence-electron chi connectivity index (χ1n) is 10.7. The Morgan fingerprint density at radius 2 is 1.75 bits per heavy atom. The summed E-state index contributed by atoms with van der Waals surface area (Å²) in [4.78, 5) is 0. The molecule has 5 rings (SSSR count). The predicted molar refractivity (Wildman–Crippen MR) is 121 cm³/mol. The zero-order valence-corrected chi connectivity index (χ0v) is 18.0. The summed E-state index contributed by atoms with van der Waals surface area (Å²) in [6.45, 7) is 8.17. The second-order valence-corrected chi connectivity index (χ2v) is 13.8. The van der Waals surface area contributed by atoms with E-state index in [1.165, 1.54) is 29.2 Å². The summed E-state index contributed by atoms with van der Waals surface area (Å²) in [5.41, 5.74) is 3.82. The molecule has 28 heavy (non-hydrogen) atoms. The number of benzene rings is 2. The van der Waals surface area contributed by atoms with Crippen molar-refractivity contribution in [3.63, 3.8) is 0 Å². The Bertz CT molecular complexity index is 921. The number of hydrogen-bond donors (Lipinski definition) is 2. The number of rotatable bonds is 3. The van der Waals surface area contributed by atoms with E-state index < -0.39 is 8.24 Å². The van der Waals surface area contributed by atoms with Gasteiger partial charge in [0.15, 0.2) is 0 Å². The van der Waals surface area contributed by atoms with Crippen LogP contribution in [-0.4, -0.2) is 32.8 Å². The third kappa shape index (κ3) is 2.99. The molecule has 3 nitrogen and oxygen atoms in total. The van der Waals surface area contributed by atoms with Crippen LogP contribution in [0.25, 0.3) is 16.3 Å². The van der Waals surface area contributed by atoms with Gasteiger partial charge in [-0.05, 0) is 45.7 Å². The van der Waals surface area contributed by atoms with E-state index in [0.717, 1.165) is 25.5 Å². The number of hydrogen-bond acceptors (Lipinski definition) is 3. The van der Waals surface area contributed by atoms with Crippen LogP contribution in [0.2, 0.25) is 18.6 Å². The summed E-state index contributed by atoms with van der Waals surface area (Å²) in [6, 6.07) is 15.6. The first kappa shape index (κ1) is 18.3. The lowest BCUT2D eigenvalue weighted by molar-refractivity contribution is 0.283. The molecular weight excluding hydrogens is 358 g/mol. The average molecular weight is 390 g/mol. The minimum atomic E-state index is -1.53. The van der Waals surface area contributed by atoms with Gasteiger partial charge in [0.1, 0.15) is 8.24 Å². The molecule has 1 heterocycles. The summed E-state index contributed by atoms with van der Waals surface area (Å²) in [6.07, 6.45) is 9.94. The molecule has 2 fully saturated rings. The van der Waals surface area contributed by atoms with Crippen LogP contribution < -0.4 is 10.6 Å². The van der Waals surface area contributed by atoms with Gasteiger partial charge >= 0.3 is 0 Å². The van der Waals surface area contributed by atoms with Crippen LogP contribution in [0.3, 0.4) is 0 Å². The molecule has 1 saturated carbocycles. The van der Waals surface area contributed by atoms with Crippen LogP contribution >= 0.6 is 0 Å². The van der Waals surface area contributed by atoms with Crippen molar-refractivity contribution in [1.29, 1.82) is 0 Å². The summed E-state index contributed by atoms with van der Waals surface area (Å²) in [7, 11) is -1.53. The van der Waals surface area contributed by atoms with Gasteiger partial charge in [-0.2, -0.15) is 0 Å². The molecule has 2 aliphatic carbocycles. The number of allylic oxidation sites excluding steroid dienone is 4. The van der Waals surface area contributed by atoms with Crippen LogP contribution in [-0.2, 0) is 0 Å². The standard InChI is InChI=1S/C24H31N3Si/c1-28(2,27-16-25-15-26-17-27)24-14-13-22-21(11-6-12-23(22)24)20-10-5-8-18-7-3-4-9-19(18)20/h3-12,22-26H,13-17H2,1-2H3. The normalized spacial score (nSPS) is 28.4. The largest absolute Gasteiger partial charge is 0.299 e. The second kappa shape index (κ2) is 7.27. The summed E-state index contributed by atoms with van der Waals surface area (Å²) in [5, 5.41) is 9.77. The van der Waals surface area contributed by atoms with Crippen molar-refractivity contribution >= 4 is 24.6 Å². The number of nitrogens with zero attached hydrogens (tertiary/aromatic N) is 1. The smallest absolute Gasteiger partial charge is 0.128 e. The monoisotopic (exact) mass is 389 g/mol. The van der Waals surface area contributed by atoms with Crippen LogP contribution in [0.4, 0.5) is 0 Å². The van der Waals surface area contributed by atoms with E-state index in [9.17, 15) is 0 Å². The third-order valence-corrected chi connectivity index (χ3v) is 11.8. The van der Waals surface area contributed by atoms with E-state index in [0.29, 0.717) is 11.8 Å². The summed E-state index contributed by atoms with van der Waals surface area (Å²) in [5.74, 6) is 1.35. The van der Waals surface area contributed by atoms with Crippen molar-refractivity contribution in [1.82, 2.24) is 15.2 Å². The molecule has 146 valence electrons. The van der Waals surface area contributed by atoms with E-state index in [1.807, 2.05) is 0 Å². The van der Waals surface area contributed by atoms with E-state index in [-0.39, 0.29) is 0 Å². The molecule has 2 N–H and O–H groups in total. The highest BCUT2D eigenvalue weighted by molar-refractivity contribution is 6.76. The molecule has 1 aliphatic heterocycles. The fourth-order valence-corrected chi connectivity index (χ4v) is 9.49. The third-order valence-electron chi connectivity index (χ3n) is 7.40. The van der Waals surface area contributed by atoms with Crippen molar-refractivity contribution in [2.45, 2.75) is 31.5 Å². The highest BCUT2D eigenvalue weighted by Gasteiger charge is 2.48. The molecule has 4 heteroatoms. The van der Waals surface area contributed by atoms with Gasteiger partial charge in [0.2, 0.25) is 0 Å². The molecule has 2 aromatic rings. The van der Waals surface area contributed by atoms with Crippen molar-refractivity contribution in [3.8, 4) is 0 Å². The minimum Gasteiger partial charge on any atom is -0.299 e. The van der Waals surface area contributed by atoms with E-state index in [4.69, 9.17) is 0 Å². The van der Waals surface area contributed by atoms with Gasteiger partial charge in [-0.15, -0.1) is 0 Å². The lowest BCUT2D eigenvalue weighted by atomic mass is 9.80. The van der Waals surface area contributed by atoms with Gasteiger partial charge in [0, 0.05) is 20.0 Å². The maximum Gasteiger partial charge on any atom is 0.128 e. The molecule has 0 radical (unpaired) electrons. The molecule has 0 spiro atoms. The topological polar surface area (TPSA) is 27.3 Å². The van der Waals surface area contributed by atoms with E-state index in [1.54, 1.807) is 5.57 Å². The van der Waals surface area contributed by atoms with Crippen LogP contribution in [0, 0.1) is 11.8 Å². The Balaban J connectivity index is 1.47. The van der Waals surface area contributed by atoms with Crippen LogP contribution in [0.1, 0.15) is 18.4 Å². The molecule has 0 aromatic heterocycles. The Morgan fingerprint density at radius 1 is 0.964 bits per heavy atom. The molecule has 3 unspecified atom stereocenters. The SMILES string of the molecule is C[Si](C)(C1CCC2C(c3cccc4ccccc34)=CC=CC21)N1CNCNC1. The van der Waals surface area contributed by atoms with Gasteiger partial charge < -0.3 is 0 Å². The molecule has 1 saturated heterocycles. The number of nitrogens with one attached hydrogen (secondary N) is 2. The van der Waals surface area contributed by atoms with Crippen molar-refractivity contribution in [3.05, 3.63) is 66.3 Å². The van der Waals surface area contributed by atoms with Gasteiger partial charge in [0.25, 0.3) is 0 Å². The van der Waals surface area contributed by atoms with Gasteiger partial charge in [-0.25, -0.2) is 0 Å². The molecule has 0 amide bonds. The zero-order valence-electron chi connectivity index (χ0n) is 17.0. The summed E-state index contributed by atoms with van der Waals surface area (Å²) < 4.78 is 2.72. The quantitative estimate of drug-likeness (QED) is 0.741. The molecular formula is C24H31N3Si. The molecule has 0 bridgehead atoms. The first-order chi connectivity index (χ1) is 13.7. The fourth-order valence-electron chi connectivity index (χ4n) is 5.83. The van der Waals surface area contributed by atoms with Gasteiger partial charge in [0.05, 0.1) is 0 Å². The highest BCUT2D eigenvalue weighted by Crippen LogP contribution is 2.54. The molecule has 2 aromatic carbocycles. The van der Waals surface area contributed by atoms with Crippen LogP contribution in [0.15, 0.2) is 60.7 Å². The summed E-state index contributed by atoms with van der Waals surface area (Å²) >= 11 is 0. The van der Waals surface area contributed by atoms with Gasteiger partial charge in [-0.1, -0.05) is 80.2 Å². The second-order valence-electron chi connectivity index (χ2n) is 9.09. The fraction of sp³-hybridized carbons (Fsp3) is 0.417. The molecule has 3 atom stereocenters. The van der Waals surface area contributed by atoms with E-state index in [2.05, 4.69) is 89.0 Å².